The molecule has 0 aliphatic rings. The molecule has 5 nitrogen and oxygen atoms in total. The fraction of sp³-hybridized carbons (Fsp3) is 0.231. The van der Waals surface area contributed by atoms with Crippen LogP contribution in [0.4, 0.5) is 5.69 Å². The molecule has 3 aromatic rings. The first-order valence-electron chi connectivity index (χ1n) is 10.5. The summed E-state index contributed by atoms with van der Waals surface area (Å²) in [7, 11) is 0. The van der Waals surface area contributed by atoms with E-state index >= 15 is 0 Å². The van der Waals surface area contributed by atoms with Crippen LogP contribution in [0, 0.1) is 6.92 Å². The molecule has 160 valence electrons. The highest BCUT2D eigenvalue weighted by Gasteiger charge is 2.16. The molecule has 0 saturated carbocycles. The van der Waals surface area contributed by atoms with E-state index in [-0.39, 0.29) is 18.2 Å². The van der Waals surface area contributed by atoms with Gasteiger partial charge in [0.05, 0.1) is 13.0 Å². The molecular weight excluding hydrogens is 388 g/mol. The van der Waals surface area contributed by atoms with Gasteiger partial charge in [0.2, 0.25) is 5.91 Å². The molecule has 0 aromatic heterocycles. The van der Waals surface area contributed by atoms with E-state index in [0.717, 1.165) is 22.6 Å². The van der Waals surface area contributed by atoms with E-state index in [1.807, 2.05) is 80.6 Å². The van der Waals surface area contributed by atoms with Crippen molar-refractivity contribution in [2.24, 2.45) is 0 Å². The van der Waals surface area contributed by atoms with E-state index in [1.54, 1.807) is 17.0 Å². The number of carbonyl (C=O) groups excluding carboxylic acids is 2. The van der Waals surface area contributed by atoms with Gasteiger partial charge in [0.25, 0.3) is 5.91 Å². The number of para-hydroxylation sites is 1. The van der Waals surface area contributed by atoms with E-state index in [9.17, 15) is 9.59 Å². The molecule has 0 bridgehead atoms. The molecule has 0 spiro atoms. The van der Waals surface area contributed by atoms with Crippen molar-refractivity contribution < 1.29 is 14.3 Å². The van der Waals surface area contributed by atoms with Crippen LogP contribution in [0.1, 0.15) is 34.8 Å². The third kappa shape index (κ3) is 6.44. The van der Waals surface area contributed by atoms with Gasteiger partial charge in [-0.2, -0.15) is 0 Å². The molecule has 0 atom stereocenters. The van der Waals surface area contributed by atoms with Crippen LogP contribution in [0.3, 0.4) is 0 Å². The Morgan fingerprint density at radius 2 is 1.68 bits per heavy atom. The van der Waals surface area contributed by atoms with E-state index < -0.39 is 0 Å². The lowest BCUT2D eigenvalue weighted by Crippen LogP contribution is -2.30. The number of ether oxygens (including phenoxy) is 1. The molecule has 1 N–H and O–H groups in total. The smallest absolute Gasteiger partial charge is 0.258 e. The molecule has 0 heterocycles. The van der Waals surface area contributed by atoms with Crippen LogP contribution in [-0.2, 0) is 11.3 Å². The van der Waals surface area contributed by atoms with Crippen molar-refractivity contribution in [2.45, 2.75) is 26.8 Å². The van der Waals surface area contributed by atoms with Crippen molar-refractivity contribution in [2.75, 3.05) is 18.1 Å². The van der Waals surface area contributed by atoms with E-state index in [1.165, 1.54) is 0 Å². The van der Waals surface area contributed by atoms with Gasteiger partial charge in [-0.25, -0.2) is 0 Å². The summed E-state index contributed by atoms with van der Waals surface area (Å²) in [6, 6.07) is 24.7. The first-order chi connectivity index (χ1) is 15.1. The van der Waals surface area contributed by atoms with Gasteiger partial charge in [-0.05, 0) is 61.4 Å². The van der Waals surface area contributed by atoms with Crippen LogP contribution in [0.15, 0.2) is 78.9 Å². The molecule has 0 aliphatic carbocycles. The lowest BCUT2D eigenvalue weighted by Gasteiger charge is -2.21. The molecular formula is C26H28N2O3. The van der Waals surface area contributed by atoms with Gasteiger partial charge in [-0.1, -0.05) is 42.5 Å². The monoisotopic (exact) mass is 416 g/mol. The highest BCUT2D eigenvalue weighted by Crippen LogP contribution is 2.19. The number of amides is 2. The zero-order valence-electron chi connectivity index (χ0n) is 18.0. The van der Waals surface area contributed by atoms with Crippen LogP contribution in [-0.4, -0.2) is 25.0 Å². The lowest BCUT2D eigenvalue weighted by molar-refractivity contribution is -0.121. The number of benzene rings is 3. The van der Waals surface area contributed by atoms with E-state index in [4.69, 9.17) is 4.74 Å². The number of nitrogens with one attached hydrogen (secondary N) is 1. The van der Waals surface area contributed by atoms with Crippen LogP contribution in [0.25, 0.3) is 0 Å². The molecule has 0 fully saturated rings. The maximum absolute atomic E-state index is 12.9. The van der Waals surface area contributed by atoms with E-state index in [0.29, 0.717) is 25.3 Å². The molecule has 0 unspecified atom stereocenters. The first kappa shape index (κ1) is 22.1. The minimum absolute atomic E-state index is 0.0400. The van der Waals surface area contributed by atoms with Crippen molar-refractivity contribution >= 4 is 17.5 Å². The average molecular weight is 417 g/mol. The Labute approximate surface area is 183 Å². The second-order valence-corrected chi connectivity index (χ2v) is 7.27. The quantitative estimate of drug-likeness (QED) is 0.548. The van der Waals surface area contributed by atoms with Crippen molar-refractivity contribution in [3.05, 3.63) is 95.6 Å². The molecule has 0 radical (unpaired) electrons. The van der Waals surface area contributed by atoms with Crippen LogP contribution in [0.5, 0.6) is 5.75 Å². The summed E-state index contributed by atoms with van der Waals surface area (Å²) in [5.74, 6) is 0.636. The summed E-state index contributed by atoms with van der Waals surface area (Å²) in [4.78, 5) is 26.7. The SMILES string of the molecule is CCN(C(=O)c1ccc(CNC(=O)CCOc2ccccc2)cc1)c1cccc(C)c1. The Hall–Kier alpha value is -3.60. The molecule has 31 heavy (non-hydrogen) atoms. The van der Waals surface area contributed by atoms with Gasteiger partial charge in [0.1, 0.15) is 5.75 Å². The maximum Gasteiger partial charge on any atom is 0.258 e. The Morgan fingerprint density at radius 1 is 0.935 bits per heavy atom. The molecule has 5 heteroatoms. The summed E-state index contributed by atoms with van der Waals surface area (Å²) >= 11 is 0. The average Bonchev–Trinajstić information content (AvgIpc) is 2.79. The number of hydrogen-bond donors (Lipinski definition) is 1. The lowest BCUT2D eigenvalue weighted by atomic mass is 10.1. The van der Waals surface area contributed by atoms with Gasteiger partial charge < -0.3 is 15.0 Å². The fourth-order valence-corrected chi connectivity index (χ4v) is 3.23. The van der Waals surface area contributed by atoms with Crippen molar-refractivity contribution in [3.63, 3.8) is 0 Å². The van der Waals surface area contributed by atoms with Gasteiger partial charge in [0.15, 0.2) is 0 Å². The van der Waals surface area contributed by atoms with Gasteiger partial charge >= 0.3 is 0 Å². The zero-order chi connectivity index (χ0) is 22.1. The number of carbonyl (C=O) groups is 2. The standard InChI is InChI=1S/C26H28N2O3/c1-3-28(23-9-7-8-20(2)18-23)26(30)22-14-12-21(13-15-22)19-27-25(29)16-17-31-24-10-5-4-6-11-24/h4-15,18H,3,16-17,19H2,1-2H3,(H,27,29). The van der Waals surface area contributed by atoms with Gasteiger partial charge in [-0.3, -0.25) is 9.59 Å². The summed E-state index contributed by atoms with van der Waals surface area (Å²) in [6.07, 6.45) is 0.285. The van der Waals surface area contributed by atoms with E-state index in [2.05, 4.69) is 5.32 Å². The van der Waals surface area contributed by atoms with Gasteiger partial charge in [-0.15, -0.1) is 0 Å². The number of anilines is 1. The number of nitrogens with zero attached hydrogens (tertiary/aromatic N) is 1. The Bertz CT molecular complexity index is 1000. The summed E-state index contributed by atoms with van der Waals surface area (Å²) < 4.78 is 5.54. The third-order valence-corrected chi connectivity index (χ3v) is 4.91. The third-order valence-electron chi connectivity index (χ3n) is 4.91. The van der Waals surface area contributed by atoms with Crippen LogP contribution >= 0.6 is 0 Å². The highest BCUT2D eigenvalue weighted by molar-refractivity contribution is 6.06. The van der Waals surface area contributed by atoms with Crippen molar-refractivity contribution in [1.82, 2.24) is 5.32 Å². The summed E-state index contributed by atoms with van der Waals surface area (Å²) in [5.41, 5.74) is 3.56. The molecule has 3 rings (SSSR count). The highest BCUT2D eigenvalue weighted by atomic mass is 16.5. The summed E-state index contributed by atoms with van der Waals surface area (Å²) in [5, 5.41) is 2.89. The topological polar surface area (TPSA) is 58.6 Å². The zero-order valence-corrected chi connectivity index (χ0v) is 18.0. The molecule has 0 aliphatic heterocycles. The Morgan fingerprint density at radius 3 is 2.35 bits per heavy atom. The molecule has 3 aromatic carbocycles. The van der Waals surface area contributed by atoms with Crippen LogP contribution < -0.4 is 15.0 Å². The molecule has 2 amide bonds. The number of hydrogen-bond acceptors (Lipinski definition) is 3. The number of rotatable bonds is 9. The predicted octanol–water partition coefficient (Wildman–Crippen LogP) is 4.75. The second-order valence-electron chi connectivity index (χ2n) is 7.27. The summed E-state index contributed by atoms with van der Waals surface area (Å²) in [6.45, 7) is 5.30. The van der Waals surface area contributed by atoms with Crippen molar-refractivity contribution in [3.8, 4) is 5.75 Å². The maximum atomic E-state index is 12.9. The predicted molar refractivity (Wildman–Crippen MR) is 123 cm³/mol. The largest absolute Gasteiger partial charge is 0.493 e. The van der Waals surface area contributed by atoms with Gasteiger partial charge in [0, 0.05) is 24.3 Å². The van der Waals surface area contributed by atoms with Crippen LogP contribution in [0.2, 0.25) is 0 Å². The Kier molecular flexibility index (Phi) is 7.82. The Balaban J connectivity index is 1.50. The minimum Gasteiger partial charge on any atom is -0.493 e. The number of aryl methyl sites for hydroxylation is 1. The fourth-order valence-electron chi connectivity index (χ4n) is 3.23. The molecule has 0 saturated heterocycles. The minimum atomic E-state index is -0.0762. The normalized spacial score (nSPS) is 10.4. The first-order valence-corrected chi connectivity index (χ1v) is 10.5. The second kappa shape index (κ2) is 11.0. The van der Waals surface area contributed by atoms with Crippen molar-refractivity contribution in [1.29, 1.82) is 0 Å².